The lowest BCUT2D eigenvalue weighted by atomic mass is 9.96. The molecule has 2 heterocycles. The molecule has 118 valence electrons. The van der Waals surface area contributed by atoms with E-state index >= 15 is 0 Å². The van der Waals surface area contributed by atoms with Crippen LogP contribution in [0, 0.1) is 0 Å². The summed E-state index contributed by atoms with van der Waals surface area (Å²) in [7, 11) is 0. The Hall–Kier alpha value is -2.56. The first-order valence-electron chi connectivity index (χ1n) is 7.25. The van der Waals surface area contributed by atoms with Gasteiger partial charge in [-0.05, 0) is 35.4 Å². The van der Waals surface area contributed by atoms with Crippen molar-refractivity contribution in [1.29, 1.82) is 0 Å². The van der Waals surface area contributed by atoms with Crippen molar-refractivity contribution in [2.24, 2.45) is 0 Å². The second-order valence-corrected chi connectivity index (χ2v) is 6.19. The van der Waals surface area contributed by atoms with E-state index in [9.17, 15) is 4.79 Å². The van der Waals surface area contributed by atoms with Crippen LogP contribution in [-0.4, -0.2) is 14.6 Å². The van der Waals surface area contributed by atoms with E-state index in [1.54, 1.807) is 6.20 Å². The van der Waals surface area contributed by atoms with Gasteiger partial charge in [-0.25, -0.2) is 14.3 Å². The molecule has 0 unspecified atom stereocenters. The molecule has 0 aliphatic rings. The Balaban J connectivity index is 2.07. The highest BCUT2D eigenvalue weighted by Crippen LogP contribution is 2.36. The number of nitrogens with zero attached hydrogens (tertiary/aromatic N) is 2. The van der Waals surface area contributed by atoms with Crippen LogP contribution in [0.2, 0.25) is 10.0 Å². The number of fused-ring (bicyclic) bond motifs is 1. The molecule has 0 bridgehead atoms. The van der Waals surface area contributed by atoms with Gasteiger partial charge in [-0.2, -0.15) is 5.10 Å². The summed E-state index contributed by atoms with van der Waals surface area (Å²) < 4.78 is 1.47. The van der Waals surface area contributed by atoms with Gasteiger partial charge in [0.05, 0.1) is 0 Å². The maximum absolute atomic E-state index is 11.9. The number of benzene rings is 2. The van der Waals surface area contributed by atoms with E-state index in [1.807, 2.05) is 54.6 Å². The molecule has 0 radical (unpaired) electrons. The van der Waals surface area contributed by atoms with Crippen molar-refractivity contribution in [2.75, 3.05) is 0 Å². The molecule has 6 heteroatoms. The molecule has 4 aromatic rings. The average molecular weight is 356 g/mol. The Morgan fingerprint density at radius 3 is 2.42 bits per heavy atom. The van der Waals surface area contributed by atoms with E-state index in [2.05, 4.69) is 10.2 Å². The minimum absolute atomic E-state index is 0.291. The predicted molar refractivity (Wildman–Crippen MR) is 96.7 cm³/mol. The first-order valence-corrected chi connectivity index (χ1v) is 8.01. The summed E-state index contributed by atoms with van der Waals surface area (Å²) in [5.74, 6) is 0. The Morgan fingerprint density at radius 2 is 1.67 bits per heavy atom. The maximum Gasteiger partial charge on any atom is 0.347 e. The number of rotatable bonds is 2. The fraction of sp³-hybridized carbons (Fsp3) is 0. The molecule has 0 spiro atoms. The highest BCUT2D eigenvalue weighted by molar-refractivity contribution is 6.33. The number of hydrogen-bond acceptors (Lipinski definition) is 2. The molecule has 4 rings (SSSR count). The van der Waals surface area contributed by atoms with Crippen LogP contribution >= 0.6 is 23.2 Å². The second-order valence-electron chi connectivity index (χ2n) is 5.34. The van der Waals surface area contributed by atoms with Crippen LogP contribution in [0.5, 0.6) is 0 Å². The molecule has 0 aliphatic heterocycles. The molecule has 0 fully saturated rings. The third kappa shape index (κ3) is 2.50. The minimum Gasteiger partial charge on any atom is -0.250 e. The van der Waals surface area contributed by atoms with Crippen LogP contribution in [0.1, 0.15) is 0 Å². The Morgan fingerprint density at radius 1 is 0.917 bits per heavy atom. The lowest BCUT2D eigenvalue weighted by Crippen LogP contribution is -2.09. The Labute approximate surface area is 147 Å². The first kappa shape index (κ1) is 15.0. The van der Waals surface area contributed by atoms with Gasteiger partial charge in [-0.1, -0.05) is 53.5 Å². The largest absolute Gasteiger partial charge is 0.347 e. The van der Waals surface area contributed by atoms with Gasteiger partial charge in [-0.3, -0.25) is 0 Å². The molecule has 2 aromatic heterocycles. The molecule has 4 nitrogen and oxygen atoms in total. The zero-order valence-corrected chi connectivity index (χ0v) is 13.8. The number of nitrogens with one attached hydrogen (secondary N) is 1. The van der Waals surface area contributed by atoms with Crippen molar-refractivity contribution >= 4 is 28.8 Å². The van der Waals surface area contributed by atoms with Crippen molar-refractivity contribution in [2.45, 2.75) is 0 Å². The summed E-state index contributed by atoms with van der Waals surface area (Å²) in [5.41, 5.74) is 3.83. The van der Waals surface area contributed by atoms with Crippen LogP contribution in [0.15, 0.2) is 65.6 Å². The topological polar surface area (TPSA) is 50.2 Å². The fourth-order valence-corrected chi connectivity index (χ4v) is 3.08. The number of H-pyrrole nitrogens is 1. The van der Waals surface area contributed by atoms with Crippen molar-refractivity contribution in [1.82, 2.24) is 14.6 Å². The molecule has 24 heavy (non-hydrogen) atoms. The average Bonchev–Trinajstić information content (AvgIpc) is 2.95. The van der Waals surface area contributed by atoms with E-state index in [1.165, 1.54) is 4.40 Å². The summed E-state index contributed by atoms with van der Waals surface area (Å²) in [6.45, 7) is 0. The zero-order chi connectivity index (χ0) is 16.7. The molecular formula is C18H11Cl2N3O. The van der Waals surface area contributed by atoms with Crippen LogP contribution in [0.3, 0.4) is 0 Å². The second kappa shape index (κ2) is 5.82. The summed E-state index contributed by atoms with van der Waals surface area (Å²) in [6, 6.07) is 16.9. The molecule has 2 aromatic carbocycles. The van der Waals surface area contributed by atoms with Gasteiger partial charge in [0.15, 0.2) is 5.65 Å². The molecule has 0 saturated carbocycles. The number of pyridine rings is 1. The van der Waals surface area contributed by atoms with E-state index in [0.29, 0.717) is 15.7 Å². The van der Waals surface area contributed by atoms with Gasteiger partial charge in [0, 0.05) is 27.4 Å². The standard InChI is InChI=1S/C18H11Cl2N3O/c19-12-7-5-11(6-8-12)14-9-17-21-22-18(24)23(17)10-15(14)13-3-1-2-4-16(13)20/h1-10H,(H,22,24). The Kier molecular flexibility index (Phi) is 3.63. The van der Waals surface area contributed by atoms with Gasteiger partial charge in [0.2, 0.25) is 0 Å². The fourth-order valence-electron chi connectivity index (χ4n) is 2.71. The van der Waals surface area contributed by atoms with Crippen molar-refractivity contribution in [3.63, 3.8) is 0 Å². The van der Waals surface area contributed by atoms with Crippen molar-refractivity contribution in [3.8, 4) is 22.3 Å². The monoisotopic (exact) mass is 355 g/mol. The highest BCUT2D eigenvalue weighted by Gasteiger charge is 2.14. The summed E-state index contributed by atoms with van der Waals surface area (Å²) >= 11 is 12.4. The predicted octanol–water partition coefficient (Wildman–Crippen LogP) is 4.66. The quantitative estimate of drug-likeness (QED) is 0.568. The van der Waals surface area contributed by atoms with Gasteiger partial charge in [-0.15, -0.1) is 0 Å². The van der Waals surface area contributed by atoms with Crippen molar-refractivity contribution < 1.29 is 0 Å². The van der Waals surface area contributed by atoms with Gasteiger partial charge >= 0.3 is 5.69 Å². The minimum atomic E-state index is -0.291. The van der Waals surface area contributed by atoms with Crippen LogP contribution in [0.25, 0.3) is 27.9 Å². The summed E-state index contributed by atoms with van der Waals surface area (Å²) in [5, 5.41) is 7.78. The molecule has 0 saturated heterocycles. The highest BCUT2D eigenvalue weighted by atomic mass is 35.5. The first-order chi connectivity index (χ1) is 11.6. The van der Waals surface area contributed by atoms with Gasteiger partial charge < -0.3 is 0 Å². The SMILES string of the molecule is O=c1[nH]nc2cc(-c3ccc(Cl)cc3)c(-c3ccccc3Cl)cn12. The van der Waals surface area contributed by atoms with Crippen LogP contribution in [-0.2, 0) is 0 Å². The number of halogens is 2. The van der Waals surface area contributed by atoms with E-state index in [4.69, 9.17) is 23.2 Å². The molecule has 0 aliphatic carbocycles. The van der Waals surface area contributed by atoms with Crippen LogP contribution < -0.4 is 5.69 Å². The third-order valence-corrected chi connectivity index (χ3v) is 4.45. The van der Waals surface area contributed by atoms with E-state index in [-0.39, 0.29) is 5.69 Å². The third-order valence-electron chi connectivity index (χ3n) is 3.87. The van der Waals surface area contributed by atoms with Gasteiger partial charge in [0.25, 0.3) is 0 Å². The summed E-state index contributed by atoms with van der Waals surface area (Å²) in [4.78, 5) is 11.9. The van der Waals surface area contributed by atoms with E-state index in [0.717, 1.165) is 22.3 Å². The van der Waals surface area contributed by atoms with E-state index < -0.39 is 0 Å². The number of aromatic amines is 1. The maximum atomic E-state index is 11.9. The molecule has 0 amide bonds. The summed E-state index contributed by atoms with van der Waals surface area (Å²) in [6.07, 6.45) is 1.76. The molecule has 0 atom stereocenters. The lowest BCUT2D eigenvalue weighted by molar-refractivity contribution is 1.02. The number of hydrogen-bond donors (Lipinski definition) is 1. The zero-order valence-electron chi connectivity index (χ0n) is 12.3. The number of aromatic nitrogens is 3. The smallest absolute Gasteiger partial charge is 0.250 e. The lowest BCUT2D eigenvalue weighted by Gasteiger charge is -2.12. The molecular weight excluding hydrogens is 345 g/mol. The normalized spacial score (nSPS) is 11.1. The van der Waals surface area contributed by atoms with Crippen molar-refractivity contribution in [3.05, 3.63) is 81.3 Å². The molecule has 1 N–H and O–H groups in total. The van der Waals surface area contributed by atoms with Crippen LogP contribution in [0.4, 0.5) is 0 Å². The Bertz CT molecular complexity index is 1100. The van der Waals surface area contributed by atoms with Gasteiger partial charge in [0.1, 0.15) is 0 Å².